The Morgan fingerprint density at radius 1 is 1.44 bits per heavy atom. The molecule has 0 atom stereocenters. The van der Waals surface area contributed by atoms with Gasteiger partial charge in [0.05, 0.1) is 10.8 Å². The third-order valence-corrected chi connectivity index (χ3v) is 3.89. The zero-order valence-electron chi connectivity index (χ0n) is 10.9. The molecule has 4 nitrogen and oxygen atoms in total. The van der Waals surface area contributed by atoms with E-state index in [1.54, 1.807) is 18.3 Å². The number of aromatic nitrogens is 1. The van der Waals surface area contributed by atoms with Gasteiger partial charge in [0.2, 0.25) is 0 Å². The van der Waals surface area contributed by atoms with Gasteiger partial charge in [-0.05, 0) is 24.0 Å². The molecule has 0 amide bonds. The first-order valence-corrected chi connectivity index (χ1v) is 8.16. The molecule has 0 unspecified atom stereocenters. The highest BCUT2D eigenvalue weighted by Crippen LogP contribution is 2.24. The summed E-state index contributed by atoms with van der Waals surface area (Å²) in [6.07, 6.45) is 3.52. The van der Waals surface area contributed by atoms with Crippen LogP contribution in [0.4, 0.5) is 5.82 Å². The number of hydrogen-bond donors (Lipinski definition) is 1. The van der Waals surface area contributed by atoms with Crippen molar-refractivity contribution in [1.82, 2.24) is 4.98 Å². The molecule has 1 N–H and O–H groups in total. The lowest BCUT2D eigenvalue weighted by atomic mass is 9.90. The number of nitrogens with zero attached hydrogens (tertiary/aromatic N) is 1. The van der Waals surface area contributed by atoms with E-state index < -0.39 is 9.84 Å². The van der Waals surface area contributed by atoms with Crippen molar-refractivity contribution < 1.29 is 8.42 Å². The first-order valence-electron chi connectivity index (χ1n) is 5.72. The minimum absolute atomic E-state index is 0.135. The highest BCUT2D eigenvalue weighted by atomic mass is 35.5. The van der Waals surface area contributed by atoms with Crippen molar-refractivity contribution in [3.05, 3.63) is 23.4 Å². The van der Waals surface area contributed by atoms with Gasteiger partial charge in [0.1, 0.15) is 15.7 Å². The molecule has 0 radical (unpaired) electrons. The zero-order valence-corrected chi connectivity index (χ0v) is 12.5. The van der Waals surface area contributed by atoms with E-state index in [9.17, 15) is 8.42 Å². The predicted molar refractivity (Wildman–Crippen MR) is 75.8 cm³/mol. The Balaban J connectivity index is 2.54. The molecule has 0 aliphatic carbocycles. The van der Waals surface area contributed by atoms with Gasteiger partial charge in [0, 0.05) is 19.0 Å². The summed E-state index contributed by atoms with van der Waals surface area (Å²) in [6.45, 7) is 4.66. The normalized spacial score (nSPS) is 12.4. The summed E-state index contributed by atoms with van der Waals surface area (Å²) in [4.78, 5) is 4.13. The lowest BCUT2D eigenvalue weighted by molar-refractivity contribution is 0.376. The number of hydrogen-bond acceptors (Lipinski definition) is 4. The maximum absolute atomic E-state index is 11.2. The smallest absolute Gasteiger partial charge is 0.147 e. The minimum Gasteiger partial charge on any atom is -0.368 e. The number of halogens is 1. The van der Waals surface area contributed by atoms with Gasteiger partial charge in [-0.25, -0.2) is 13.4 Å². The molecule has 0 aliphatic rings. The minimum atomic E-state index is -2.92. The van der Waals surface area contributed by atoms with Crippen molar-refractivity contribution in [3.63, 3.8) is 0 Å². The Bertz CT molecular complexity index is 501. The Morgan fingerprint density at radius 2 is 2.11 bits per heavy atom. The van der Waals surface area contributed by atoms with Crippen LogP contribution in [0.2, 0.25) is 5.02 Å². The van der Waals surface area contributed by atoms with Crippen molar-refractivity contribution >= 4 is 27.3 Å². The lowest BCUT2D eigenvalue weighted by Gasteiger charge is -2.25. The molecule has 102 valence electrons. The molecule has 1 heterocycles. The highest BCUT2D eigenvalue weighted by molar-refractivity contribution is 7.90. The highest BCUT2D eigenvalue weighted by Gasteiger charge is 2.20. The number of anilines is 1. The molecule has 0 aromatic carbocycles. The summed E-state index contributed by atoms with van der Waals surface area (Å²) < 4.78 is 22.3. The van der Waals surface area contributed by atoms with Gasteiger partial charge in [0.25, 0.3) is 0 Å². The molecule has 0 saturated heterocycles. The van der Waals surface area contributed by atoms with E-state index in [2.05, 4.69) is 10.3 Å². The van der Waals surface area contributed by atoms with E-state index in [0.29, 0.717) is 23.8 Å². The van der Waals surface area contributed by atoms with Gasteiger partial charge < -0.3 is 5.32 Å². The van der Waals surface area contributed by atoms with Crippen LogP contribution in [-0.4, -0.2) is 32.0 Å². The maximum Gasteiger partial charge on any atom is 0.147 e. The van der Waals surface area contributed by atoms with Gasteiger partial charge in [0.15, 0.2) is 0 Å². The molecule has 0 bridgehead atoms. The van der Waals surface area contributed by atoms with Crippen molar-refractivity contribution in [2.24, 2.45) is 5.41 Å². The van der Waals surface area contributed by atoms with Crippen LogP contribution < -0.4 is 5.32 Å². The maximum atomic E-state index is 11.2. The third-order valence-electron chi connectivity index (χ3n) is 2.64. The monoisotopic (exact) mass is 290 g/mol. The van der Waals surface area contributed by atoms with Gasteiger partial charge >= 0.3 is 0 Å². The Labute approximate surface area is 114 Å². The molecule has 0 spiro atoms. The average Bonchev–Trinajstić information content (AvgIpc) is 2.25. The summed E-state index contributed by atoms with van der Waals surface area (Å²) in [5.41, 5.74) is -0.135. The van der Waals surface area contributed by atoms with Crippen molar-refractivity contribution in [2.75, 3.05) is 23.9 Å². The Kier molecular flexibility index (Phi) is 4.99. The second kappa shape index (κ2) is 5.89. The fourth-order valence-electron chi connectivity index (χ4n) is 1.39. The van der Waals surface area contributed by atoms with E-state index >= 15 is 0 Å². The average molecular weight is 291 g/mol. The van der Waals surface area contributed by atoms with Crippen LogP contribution in [0, 0.1) is 5.41 Å². The SMILES string of the molecule is CC(C)(CCS(C)(=O)=O)CNc1ncccc1Cl. The summed E-state index contributed by atoms with van der Waals surface area (Å²) in [5.74, 6) is 0.823. The zero-order chi connectivity index (χ0) is 13.8. The van der Waals surface area contributed by atoms with Crippen LogP contribution in [0.3, 0.4) is 0 Å². The summed E-state index contributed by atoms with van der Waals surface area (Å²) in [5, 5.41) is 3.72. The fourth-order valence-corrected chi connectivity index (χ4v) is 2.50. The molecule has 1 rings (SSSR count). The van der Waals surface area contributed by atoms with E-state index in [4.69, 9.17) is 11.6 Å². The molecule has 18 heavy (non-hydrogen) atoms. The van der Waals surface area contributed by atoms with Gasteiger partial charge in [-0.1, -0.05) is 25.4 Å². The lowest BCUT2D eigenvalue weighted by Crippen LogP contribution is -2.26. The van der Waals surface area contributed by atoms with E-state index in [0.717, 1.165) is 0 Å². The van der Waals surface area contributed by atoms with Crippen LogP contribution in [0.5, 0.6) is 0 Å². The quantitative estimate of drug-likeness (QED) is 0.875. The molecular formula is C12H19ClN2O2S. The summed E-state index contributed by atoms with van der Waals surface area (Å²) in [7, 11) is -2.92. The molecule has 6 heteroatoms. The first-order chi connectivity index (χ1) is 8.20. The number of pyridine rings is 1. The molecule has 1 aromatic rings. The molecule has 0 saturated carbocycles. The Morgan fingerprint density at radius 3 is 2.67 bits per heavy atom. The number of nitrogens with one attached hydrogen (secondary N) is 1. The van der Waals surface area contributed by atoms with Crippen molar-refractivity contribution in [1.29, 1.82) is 0 Å². The largest absolute Gasteiger partial charge is 0.368 e. The Hall–Kier alpha value is -0.810. The van der Waals surface area contributed by atoms with E-state index in [-0.39, 0.29) is 11.2 Å². The van der Waals surface area contributed by atoms with Gasteiger partial charge in [-0.2, -0.15) is 0 Å². The molecular weight excluding hydrogens is 272 g/mol. The first kappa shape index (κ1) is 15.2. The van der Waals surface area contributed by atoms with Crippen molar-refractivity contribution in [2.45, 2.75) is 20.3 Å². The number of rotatable bonds is 6. The van der Waals surface area contributed by atoms with E-state index in [1.807, 2.05) is 13.8 Å². The van der Waals surface area contributed by atoms with Gasteiger partial charge in [-0.15, -0.1) is 0 Å². The predicted octanol–water partition coefficient (Wildman–Crippen LogP) is 2.61. The number of sulfone groups is 1. The molecule has 1 aromatic heterocycles. The van der Waals surface area contributed by atoms with Crippen molar-refractivity contribution in [3.8, 4) is 0 Å². The summed E-state index contributed by atoms with van der Waals surface area (Å²) >= 11 is 5.98. The summed E-state index contributed by atoms with van der Waals surface area (Å²) in [6, 6.07) is 3.53. The molecule has 0 fully saturated rings. The van der Waals surface area contributed by atoms with Crippen LogP contribution in [0.1, 0.15) is 20.3 Å². The molecule has 0 aliphatic heterocycles. The second-order valence-electron chi connectivity index (χ2n) is 5.23. The van der Waals surface area contributed by atoms with Crippen LogP contribution >= 0.6 is 11.6 Å². The standard InChI is InChI=1S/C12H19ClN2O2S/c1-12(2,6-8-18(3,16)17)9-15-11-10(13)5-4-7-14-11/h4-5,7H,6,8-9H2,1-3H3,(H,14,15). The van der Waals surface area contributed by atoms with Gasteiger partial charge in [-0.3, -0.25) is 0 Å². The second-order valence-corrected chi connectivity index (χ2v) is 7.90. The van der Waals surface area contributed by atoms with Crippen LogP contribution in [-0.2, 0) is 9.84 Å². The topological polar surface area (TPSA) is 59.1 Å². The fraction of sp³-hybridized carbons (Fsp3) is 0.583. The third kappa shape index (κ3) is 5.69. The van der Waals surface area contributed by atoms with Crippen LogP contribution in [0.15, 0.2) is 18.3 Å². The van der Waals surface area contributed by atoms with Crippen LogP contribution in [0.25, 0.3) is 0 Å². The van der Waals surface area contributed by atoms with E-state index in [1.165, 1.54) is 6.26 Å².